The van der Waals surface area contributed by atoms with Crippen LogP contribution < -0.4 is 5.32 Å². The first-order valence-electron chi connectivity index (χ1n) is 5.30. The zero-order chi connectivity index (χ0) is 12.6. The number of ether oxygens (including phenoxy) is 1. The van der Waals surface area contributed by atoms with Crippen LogP contribution in [0.15, 0.2) is 0 Å². The first-order chi connectivity index (χ1) is 7.36. The largest absolute Gasteiger partial charge is 0.375 e. The minimum absolute atomic E-state index is 0.0629. The van der Waals surface area contributed by atoms with Gasteiger partial charge in [0.15, 0.2) is 0 Å². The highest BCUT2D eigenvalue weighted by Gasteiger charge is 2.40. The minimum atomic E-state index is -4.04. The van der Waals surface area contributed by atoms with Gasteiger partial charge in [-0.2, -0.15) is 8.78 Å². The Bertz CT molecular complexity index is 176. The third kappa shape index (κ3) is 7.87. The lowest BCUT2D eigenvalue weighted by Gasteiger charge is -2.15. The lowest BCUT2D eigenvalue weighted by Crippen LogP contribution is -2.32. The van der Waals surface area contributed by atoms with Crippen LogP contribution in [0.5, 0.6) is 0 Å². The highest BCUT2D eigenvalue weighted by Crippen LogP contribution is 2.22. The Labute approximate surface area is 93.3 Å². The van der Waals surface area contributed by atoms with Gasteiger partial charge < -0.3 is 10.1 Å². The molecular formula is C10H19F4NO. The Morgan fingerprint density at radius 1 is 1.25 bits per heavy atom. The summed E-state index contributed by atoms with van der Waals surface area (Å²) in [4.78, 5) is 0. The van der Waals surface area contributed by atoms with Gasteiger partial charge in [-0.15, -0.1) is 0 Å². The molecular weight excluding hydrogens is 226 g/mol. The molecule has 2 nitrogen and oxygen atoms in total. The van der Waals surface area contributed by atoms with Crippen molar-refractivity contribution >= 4 is 0 Å². The summed E-state index contributed by atoms with van der Waals surface area (Å²) in [6, 6.07) is 0. The van der Waals surface area contributed by atoms with Crippen molar-refractivity contribution in [3.05, 3.63) is 0 Å². The fraction of sp³-hybridized carbons (Fsp3) is 1.00. The van der Waals surface area contributed by atoms with Gasteiger partial charge in [-0.3, -0.25) is 0 Å². The van der Waals surface area contributed by atoms with Crippen molar-refractivity contribution in [2.45, 2.75) is 32.6 Å². The zero-order valence-corrected chi connectivity index (χ0v) is 9.61. The first-order valence-corrected chi connectivity index (χ1v) is 5.30. The summed E-state index contributed by atoms with van der Waals surface area (Å²) in [7, 11) is 0. The topological polar surface area (TPSA) is 21.3 Å². The van der Waals surface area contributed by atoms with Crippen LogP contribution in [0.4, 0.5) is 17.6 Å². The molecule has 98 valence electrons. The molecule has 6 heteroatoms. The minimum Gasteiger partial charge on any atom is -0.375 e. The van der Waals surface area contributed by atoms with Gasteiger partial charge in [0.2, 0.25) is 0 Å². The summed E-state index contributed by atoms with van der Waals surface area (Å²) in [6.45, 7) is 4.42. The van der Waals surface area contributed by atoms with Crippen LogP contribution >= 0.6 is 0 Å². The highest BCUT2D eigenvalue weighted by atomic mass is 19.3. The van der Waals surface area contributed by atoms with Crippen molar-refractivity contribution in [3.8, 4) is 0 Å². The van der Waals surface area contributed by atoms with Gasteiger partial charge in [-0.05, 0) is 25.4 Å². The third-order valence-corrected chi connectivity index (χ3v) is 1.81. The molecule has 0 spiro atoms. The number of hydrogen-bond acceptors (Lipinski definition) is 2. The van der Waals surface area contributed by atoms with Crippen molar-refractivity contribution in [1.82, 2.24) is 5.32 Å². The molecule has 0 saturated carbocycles. The van der Waals surface area contributed by atoms with Gasteiger partial charge >= 0.3 is 12.3 Å². The summed E-state index contributed by atoms with van der Waals surface area (Å²) >= 11 is 0. The van der Waals surface area contributed by atoms with E-state index in [9.17, 15) is 17.6 Å². The Morgan fingerprint density at radius 2 is 1.88 bits per heavy atom. The molecule has 0 aromatic heterocycles. The molecule has 0 unspecified atom stereocenters. The molecule has 0 aromatic rings. The van der Waals surface area contributed by atoms with Crippen LogP contribution in [0, 0.1) is 5.92 Å². The highest BCUT2D eigenvalue weighted by molar-refractivity contribution is 4.67. The first kappa shape index (κ1) is 15.6. The Kier molecular flexibility index (Phi) is 7.66. The van der Waals surface area contributed by atoms with E-state index in [2.05, 4.69) is 10.1 Å². The zero-order valence-electron chi connectivity index (χ0n) is 9.61. The van der Waals surface area contributed by atoms with Crippen molar-refractivity contribution in [1.29, 1.82) is 0 Å². The van der Waals surface area contributed by atoms with Crippen LogP contribution in [0.1, 0.15) is 20.3 Å². The molecule has 0 aromatic carbocycles. The Morgan fingerprint density at radius 3 is 2.38 bits per heavy atom. The monoisotopic (exact) mass is 245 g/mol. The maximum Gasteiger partial charge on any atom is 0.330 e. The standard InChI is InChI=1S/C10H19F4NO/c1-8(2)6-15-4-3-5-16-7-10(13,14)9(11)12/h8-9,15H,3-7H2,1-2H3. The Balaban J connectivity index is 3.34. The molecule has 0 saturated heterocycles. The molecule has 0 amide bonds. The predicted octanol–water partition coefficient (Wildman–Crippen LogP) is 2.54. The molecule has 0 rings (SSSR count). The van der Waals surface area contributed by atoms with Crippen LogP contribution in [-0.4, -0.2) is 38.7 Å². The van der Waals surface area contributed by atoms with Gasteiger partial charge in [0.1, 0.15) is 6.61 Å². The molecule has 1 N–H and O–H groups in total. The summed E-state index contributed by atoms with van der Waals surface area (Å²) in [5.41, 5.74) is 0. The molecule has 0 radical (unpaired) electrons. The van der Waals surface area contributed by atoms with E-state index in [0.29, 0.717) is 18.9 Å². The second-order valence-corrected chi connectivity index (χ2v) is 4.07. The van der Waals surface area contributed by atoms with Crippen LogP contribution in [-0.2, 0) is 4.74 Å². The van der Waals surface area contributed by atoms with E-state index in [1.807, 2.05) is 13.8 Å². The lowest BCUT2D eigenvalue weighted by atomic mass is 10.2. The van der Waals surface area contributed by atoms with Gasteiger partial charge in [0.25, 0.3) is 0 Å². The van der Waals surface area contributed by atoms with Gasteiger partial charge in [-0.1, -0.05) is 13.8 Å². The second kappa shape index (κ2) is 7.84. The normalized spacial score (nSPS) is 12.8. The van der Waals surface area contributed by atoms with E-state index in [1.54, 1.807) is 0 Å². The second-order valence-electron chi connectivity index (χ2n) is 4.07. The van der Waals surface area contributed by atoms with E-state index >= 15 is 0 Å². The number of alkyl halides is 4. The number of hydrogen-bond donors (Lipinski definition) is 1. The summed E-state index contributed by atoms with van der Waals surface area (Å²) in [5, 5.41) is 3.09. The molecule has 0 heterocycles. The summed E-state index contributed by atoms with van der Waals surface area (Å²) in [5.74, 6) is -3.52. The van der Waals surface area contributed by atoms with Crippen LogP contribution in [0.2, 0.25) is 0 Å². The van der Waals surface area contributed by atoms with E-state index in [-0.39, 0.29) is 6.61 Å². The maximum atomic E-state index is 12.3. The average Bonchev–Trinajstić information content (AvgIpc) is 2.15. The molecule has 0 fully saturated rings. The molecule has 0 aliphatic rings. The van der Waals surface area contributed by atoms with Crippen molar-refractivity contribution < 1.29 is 22.3 Å². The maximum absolute atomic E-state index is 12.3. The van der Waals surface area contributed by atoms with Gasteiger partial charge in [0.05, 0.1) is 0 Å². The van der Waals surface area contributed by atoms with Gasteiger partial charge in [0, 0.05) is 6.61 Å². The smallest absolute Gasteiger partial charge is 0.330 e. The van der Waals surface area contributed by atoms with Crippen molar-refractivity contribution in [2.24, 2.45) is 5.92 Å². The molecule has 0 bridgehead atoms. The van der Waals surface area contributed by atoms with Gasteiger partial charge in [-0.25, -0.2) is 8.78 Å². The van der Waals surface area contributed by atoms with E-state index in [4.69, 9.17) is 0 Å². The van der Waals surface area contributed by atoms with Crippen LogP contribution in [0.3, 0.4) is 0 Å². The van der Waals surface area contributed by atoms with Crippen LogP contribution in [0.25, 0.3) is 0 Å². The molecule has 0 aliphatic heterocycles. The molecule has 0 atom stereocenters. The SMILES string of the molecule is CC(C)CNCCCOCC(F)(F)C(F)F. The average molecular weight is 245 g/mol. The molecule has 16 heavy (non-hydrogen) atoms. The number of rotatable bonds is 9. The quantitative estimate of drug-likeness (QED) is 0.498. The number of halogens is 4. The fourth-order valence-electron chi connectivity index (χ4n) is 0.961. The predicted molar refractivity (Wildman–Crippen MR) is 54.1 cm³/mol. The van der Waals surface area contributed by atoms with Crippen molar-refractivity contribution in [2.75, 3.05) is 26.3 Å². The van der Waals surface area contributed by atoms with E-state index in [1.165, 1.54) is 0 Å². The van der Waals surface area contributed by atoms with E-state index in [0.717, 1.165) is 6.54 Å². The van der Waals surface area contributed by atoms with Crippen molar-refractivity contribution in [3.63, 3.8) is 0 Å². The summed E-state index contributed by atoms with van der Waals surface area (Å²) < 4.78 is 52.5. The summed E-state index contributed by atoms with van der Waals surface area (Å²) in [6.07, 6.45) is -3.13. The Hall–Kier alpha value is -0.360. The van der Waals surface area contributed by atoms with E-state index < -0.39 is 19.0 Å². The number of nitrogens with one attached hydrogen (secondary N) is 1. The third-order valence-electron chi connectivity index (χ3n) is 1.81. The fourth-order valence-corrected chi connectivity index (χ4v) is 0.961. The molecule has 0 aliphatic carbocycles. The lowest BCUT2D eigenvalue weighted by molar-refractivity contribution is -0.165.